The quantitative estimate of drug-likeness (QED) is 0.630. The predicted octanol–water partition coefficient (Wildman–Crippen LogP) is 2.48. The van der Waals surface area contributed by atoms with Gasteiger partial charge in [0.25, 0.3) is 5.91 Å². The number of nitrogens with zero attached hydrogens (tertiary/aromatic N) is 4. The van der Waals surface area contributed by atoms with Crippen LogP contribution in [0.3, 0.4) is 0 Å². The molecule has 1 aromatic carbocycles. The molecule has 1 amide bonds. The molecule has 27 heavy (non-hydrogen) atoms. The average Bonchev–Trinajstić information content (AvgIpc) is 3.19. The summed E-state index contributed by atoms with van der Waals surface area (Å²) in [5.41, 5.74) is 1.64. The molecule has 0 bridgehead atoms. The number of aromatic nitrogens is 3. The monoisotopic (exact) mass is 364 g/mol. The number of hydrogen-bond acceptors (Lipinski definition) is 5. The molecule has 2 aromatic heterocycles. The van der Waals surface area contributed by atoms with Crippen molar-refractivity contribution < 1.29 is 4.79 Å². The first-order valence-electron chi connectivity index (χ1n) is 8.81. The second-order valence-corrected chi connectivity index (χ2v) is 6.38. The Balaban J connectivity index is 1.54. The van der Waals surface area contributed by atoms with E-state index in [0.29, 0.717) is 24.5 Å². The number of benzene rings is 1. The van der Waals surface area contributed by atoms with E-state index in [2.05, 4.69) is 20.6 Å². The van der Waals surface area contributed by atoms with Gasteiger partial charge in [0.1, 0.15) is 17.5 Å². The summed E-state index contributed by atoms with van der Waals surface area (Å²) in [4.78, 5) is 23.1. The summed E-state index contributed by atoms with van der Waals surface area (Å²) in [5, 5.41) is 6.16. The second kappa shape index (κ2) is 8.35. The van der Waals surface area contributed by atoms with Crippen LogP contribution in [-0.4, -0.2) is 47.6 Å². The topological polar surface area (TPSA) is 75.1 Å². The number of nitrogens with one attached hydrogen (secondary N) is 2. The van der Waals surface area contributed by atoms with Gasteiger partial charge in [-0.25, -0.2) is 9.97 Å². The standard InChI is InChI=1S/C20H24N6O/c1-15-23-18(14-19(24-15)26-11-4-5-12-26)21-9-10-22-20(27)16-7-6-8-17(13-16)25(2)3/h4-8,11-14H,9-10H2,1-3H3,(H,22,27)(H,21,23,24). The van der Waals surface area contributed by atoms with Crippen LogP contribution in [0.15, 0.2) is 54.9 Å². The Kier molecular flexibility index (Phi) is 5.71. The van der Waals surface area contributed by atoms with Gasteiger partial charge in [-0.05, 0) is 37.3 Å². The Morgan fingerprint density at radius 1 is 1.07 bits per heavy atom. The third-order valence-electron chi connectivity index (χ3n) is 4.03. The normalized spacial score (nSPS) is 10.5. The Labute approximate surface area is 159 Å². The molecule has 140 valence electrons. The molecule has 2 N–H and O–H groups in total. The highest BCUT2D eigenvalue weighted by Gasteiger charge is 2.07. The third-order valence-corrected chi connectivity index (χ3v) is 4.03. The van der Waals surface area contributed by atoms with Gasteiger partial charge in [-0.2, -0.15) is 0 Å². The van der Waals surface area contributed by atoms with Crippen LogP contribution in [0, 0.1) is 6.92 Å². The summed E-state index contributed by atoms with van der Waals surface area (Å²) in [5.74, 6) is 2.13. The molecule has 0 aliphatic heterocycles. The highest BCUT2D eigenvalue weighted by molar-refractivity contribution is 5.95. The van der Waals surface area contributed by atoms with Crippen LogP contribution in [0.1, 0.15) is 16.2 Å². The highest BCUT2D eigenvalue weighted by atomic mass is 16.1. The first kappa shape index (κ1) is 18.4. The molecule has 0 radical (unpaired) electrons. The Hall–Kier alpha value is -3.35. The van der Waals surface area contributed by atoms with Crippen molar-refractivity contribution in [2.45, 2.75) is 6.92 Å². The minimum atomic E-state index is -0.0904. The number of anilines is 2. The van der Waals surface area contributed by atoms with Crippen LogP contribution in [0.2, 0.25) is 0 Å². The Bertz CT molecular complexity index is 905. The fourth-order valence-corrected chi connectivity index (χ4v) is 2.66. The van der Waals surface area contributed by atoms with E-state index in [1.165, 1.54) is 0 Å². The van der Waals surface area contributed by atoms with Crippen molar-refractivity contribution >= 4 is 17.4 Å². The zero-order valence-corrected chi connectivity index (χ0v) is 15.8. The molecule has 0 aliphatic rings. The van der Waals surface area contributed by atoms with Crippen molar-refractivity contribution in [1.29, 1.82) is 0 Å². The molecule has 0 aliphatic carbocycles. The van der Waals surface area contributed by atoms with E-state index in [1.807, 2.05) is 85.3 Å². The molecular formula is C20H24N6O. The minimum Gasteiger partial charge on any atom is -0.378 e. The summed E-state index contributed by atoms with van der Waals surface area (Å²) in [6.45, 7) is 2.92. The lowest BCUT2D eigenvalue weighted by atomic mass is 10.2. The molecule has 7 nitrogen and oxygen atoms in total. The van der Waals surface area contributed by atoms with Crippen molar-refractivity contribution in [2.75, 3.05) is 37.4 Å². The minimum absolute atomic E-state index is 0.0904. The van der Waals surface area contributed by atoms with Crippen LogP contribution < -0.4 is 15.5 Å². The Morgan fingerprint density at radius 3 is 2.59 bits per heavy atom. The molecule has 0 unspecified atom stereocenters. The van der Waals surface area contributed by atoms with Gasteiger partial charge in [-0.1, -0.05) is 6.07 Å². The predicted molar refractivity (Wildman–Crippen MR) is 108 cm³/mol. The van der Waals surface area contributed by atoms with Gasteiger partial charge in [0.15, 0.2) is 0 Å². The average molecular weight is 364 g/mol. The molecule has 0 atom stereocenters. The lowest BCUT2D eigenvalue weighted by Gasteiger charge is -2.14. The number of hydrogen-bond donors (Lipinski definition) is 2. The lowest BCUT2D eigenvalue weighted by Crippen LogP contribution is -2.29. The lowest BCUT2D eigenvalue weighted by molar-refractivity contribution is 0.0955. The SMILES string of the molecule is Cc1nc(NCCNC(=O)c2cccc(N(C)C)c2)cc(-n2cccc2)n1. The Morgan fingerprint density at radius 2 is 1.85 bits per heavy atom. The van der Waals surface area contributed by atoms with Crippen molar-refractivity contribution in [3.05, 3.63) is 66.2 Å². The van der Waals surface area contributed by atoms with Crippen LogP contribution in [-0.2, 0) is 0 Å². The maximum atomic E-state index is 12.3. The van der Waals surface area contributed by atoms with Crippen molar-refractivity contribution in [3.8, 4) is 5.82 Å². The molecule has 0 saturated carbocycles. The summed E-state index contributed by atoms with van der Waals surface area (Å²) in [6.07, 6.45) is 3.88. The molecule has 0 spiro atoms. The zero-order chi connectivity index (χ0) is 19.2. The maximum Gasteiger partial charge on any atom is 0.251 e. The van der Waals surface area contributed by atoms with E-state index >= 15 is 0 Å². The zero-order valence-electron chi connectivity index (χ0n) is 15.8. The third kappa shape index (κ3) is 4.84. The van der Waals surface area contributed by atoms with Crippen LogP contribution in [0.25, 0.3) is 5.82 Å². The summed E-state index contributed by atoms with van der Waals surface area (Å²) >= 11 is 0. The van der Waals surface area contributed by atoms with E-state index in [1.54, 1.807) is 0 Å². The number of amides is 1. The number of carbonyl (C=O) groups is 1. The largest absolute Gasteiger partial charge is 0.378 e. The van der Waals surface area contributed by atoms with E-state index in [0.717, 1.165) is 17.3 Å². The summed E-state index contributed by atoms with van der Waals surface area (Å²) in [6, 6.07) is 13.3. The summed E-state index contributed by atoms with van der Waals surface area (Å²) in [7, 11) is 3.90. The molecular weight excluding hydrogens is 340 g/mol. The van der Waals surface area contributed by atoms with Gasteiger partial charge in [0.2, 0.25) is 0 Å². The molecule has 0 saturated heterocycles. The van der Waals surface area contributed by atoms with Gasteiger partial charge in [-0.3, -0.25) is 4.79 Å². The molecule has 3 rings (SSSR count). The van der Waals surface area contributed by atoms with E-state index in [9.17, 15) is 4.79 Å². The molecule has 7 heteroatoms. The van der Waals surface area contributed by atoms with Gasteiger partial charge >= 0.3 is 0 Å². The maximum absolute atomic E-state index is 12.3. The van der Waals surface area contributed by atoms with Crippen LogP contribution >= 0.6 is 0 Å². The van der Waals surface area contributed by atoms with Crippen LogP contribution in [0.5, 0.6) is 0 Å². The van der Waals surface area contributed by atoms with E-state index in [-0.39, 0.29) is 5.91 Å². The van der Waals surface area contributed by atoms with E-state index in [4.69, 9.17) is 0 Å². The van der Waals surface area contributed by atoms with Crippen molar-refractivity contribution in [3.63, 3.8) is 0 Å². The van der Waals surface area contributed by atoms with E-state index < -0.39 is 0 Å². The fourth-order valence-electron chi connectivity index (χ4n) is 2.66. The van der Waals surface area contributed by atoms with Gasteiger partial charge in [-0.15, -0.1) is 0 Å². The van der Waals surface area contributed by atoms with Gasteiger partial charge < -0.3 is 20.1 Å². The number of carbonyl (C=O) groups excluding carboxylic acids is 1. The van der Waals surface area contributed by atoms with Crippen molar-refractivity contribution in [2.24, 2.45) is 0 Å². The number of aryl methyl sites for hydroxylation is 1. The highest BCUT2D eigenvalue weighted by Crippen LogP contribution is 2.13. The first-order valence-corrected chi connectivity index (χ1v) is 8.81. The second-order valence-electron chi connectivity index (χ2n) is 6.38. The van der Waals surface area contributed by atoms with Crippen molar-refractivity contribution in [1.82, 2.24) is 19.9 Å². The first-order chi connectivity index (χ1) is 13.0. The molecule has 0 fully saturated rings. The van der Waals surface area contributed by atoms with Crippen LogP contribution in [0.4, 0.5) is 11.5 Å². The summed E-state index contributed by atoms with van der Waals surface area (Å²) < 4.78 is 1.93. The van der Waals surface area contributed by atoms with Gasteiger partial charge in [0.05, 0.1) is 0 Å². The van der Waals surface area contributed by atoms with Gasteiger partial charge in [0, 0.05) is 56.9 Å². The fraction of sp³-hybridized carbons (Fsp3) is 0.250. The molecule has 3 aromatic rings. The number of rotatable bonds is 7. The molecule has 2 heterocycles. The smallest absolute Gasteiger partial charge is 0.251 e.